The van der Waals surface area contributed by atoms with Crippen molar-refractivity contribution in [3.05, 3.63) is 54.0 Å². The minimum atomic E-state index is -0.337. The Kier molecular flexibility index (Phi) is 6.25. The van der Waals surface area contributed by atoms with Crippen LogP contribution in [0.5, 0.6) is 0 Å². The molecule has 0 atom stereocenters. The summed E-state index contributed by atoms with van der Waals surface area (Å²) in [4.78, 5) is 35.9. The van der Waals surface area contributed by atoms with Gasteiger partial charge in [0.05, 0.1) is 12.8 Å². The Balaban J connectivity index is 1.44. The van der Waals surface area contributed by atoms with E-state index in [2.05, 4.69) is 16.0 Å². The van der Waals surface area contributed by atoms with Crippen molar-refractivity contribution in [1.29, 1.82) is 0 Å². The van der Waals surface area contributed by atoms with E-state index in [4.69, 9.17) is 4.42 Å². The van der Waals surface area contributed by atoms with Gasteiger partial charge in [0.1, 0.15) is 0 Å². The number of benzene rings is 1. The van der Waals surface area contributed by atoms with E-state index in [0.29, 0.717) is 12.2 Å². The lowest BCUT2D eigenvalue weighted by atomic mass is 10.1. The molecule has 1 aromatic heterocycles. The number of nitrogens with one attached hydrogen (secondary N) is 3. The molecule has 0 unspecified atom stereocenters. The normalized spacial score (nSPS) is 13.9. The van der Waals surface area contributed by atoms with Crippen LogP contribution in [0.4, 0.5) is 5.69 Å². The number of amides is 3. The van der Waals surface area contributed by atoms with Gasteiger partial charge in [-0.2, -0.15) is 0 Å². The molecular formula is C20H23N3O4. The zero-order valence-electron chi connectivity index (χ0n) is 15.0. The molecule has 1 fully saturated rings. The molecule has 0 spiro atoms. The number of hydrogen-bond acceptors (Lipinski definition) is 4. The van der Waals surface area contributed by atoms with Crippen LogP contribution < -0.4 is 16.0 Å². The Bertz CT molecular complexity index is 795. The molecule has 1 aromatic carbocycles. The van der Waals surface area contributed by atoms with Crippen LogP contribution in [0.1, 0.15) is 41.8 Å². The topological polar surface area (TPSA) is 100 Å². The second-order valence-corrected chi connectivity index (χ2v) is 6.61. The van der Waals surface area contributed by atoms with Crippen LogP contribution in [0.15, 0.2) is 47.1 Å². The zero-order valence-corrected chi connectivity index (χ0v) is 15.0. The molecule has 7 heteroatoms. The molecule has 0 aliphatic heterocycles. The summed E-state index contributed by atoms with van der Waals surface area (Å²) in [6.45, 7) is 0.285. The molecule has 0 bridgehead atoms. The predicted molar refractivity (Wildman–Crippen MR) is 99.9 cm³/mol. The van der Waals surface area contributed by atoms with Gasteiger partial charge < -0.3 is 20.4 Å². The third-order valence-corrected chi connectivity index (χ3v) is 4.57. The van der Waals surface area contributed by atoms with Gasteiger partial charge in [-0.05, 0) is 42.7 Å². The highest BCUT2D eigenvalue weighted by Crippen LogP contribution is 2.24. The summed E-state index contributed by atoms with van der Waals surface area (Å²) in [7, 11) is 0. The van der Waals surface area contributed by atoms with E-state index < -0.39 is 0 Å². The van der Waals surface area contributed by atoms with Crippen LogP contribution in [0, 0.1) is 5.92 Å². The maximum atomic E-state index is 12.0. The summed E-state index contributed by atoms with van der Waals surface area (Å²) in [6, 6.07) is 10.4. The minimum Gasteiger partial charge on any atom is -0.459 e. The molecule has 1 aliphatic rings. The SMILES string of the molecule is O=C(CNC(=O)C1CCCC1)NCc1cccc(NC(=O)c2ccco2)c1. The fourth-order valence-corrected chi connectivity index (χ4v) is 3.12. The van der Waals surface area contributed by atoms with E-state index >= 15 is 0 Å². The van der Waals surface area contributed by atoms with Crippen molar-refractivity contribution in [2.45, 2.75) is 32.2 Å². The third-order valence-electron chi connectivity index (χ3n) is 4.57. The van der Waals surface area contributed by atoms with E-state index in [0.717, 1.165) is 31.2 Å². The van der Waals surface area contributed by atoms with Crippen molar-refractivity contribution in [3.63, 3.8) is 0 Å². The van der Waals surface area contributed by atoms with E-state index in [9.17, 15) is 14.4 Å². The van der Waals surface area contributed by atoms with Crippen molar-refractivity contribution in [2.24, 2.45) is 5.92 Å². The van der Waals surface area contributed by atoms with Crippen molar-refractivity contribution >= 4 is 23.4 Å². The van der Waals surface area contributed by atoms with Gasteiger partial charge in [0.25, 0.3) is 5.91 Å². The Morgan fingerprint density at radius 2 is 1.85 bits per heavy atom. The Hall–Kier alpha value is -3.09. The van der Waals surface area contributed by atoms with Crippen molar-refractivity contribution in [2.75, 3.05) is 11.9 Å². The average Bonchev–Trinajstić information content (AvgIpc) is 3.38. The van der Waals surface area contributed by atoms with Crippen LogP contribution in [-0.2, 0) is 16.1 Å². The van der Waals surface area contributed by atoms with Gasteiger partial charge in [0.15, 0.2) is 5.76 Å². The maximum Gasteiger partial charge on any atom is 0.291 e. The molecule has 7 nitrogen and oxygen atoms in total. The number of furan rings is 1. The van der Waals surface area contributed by atoms with Gasteiger partial charge >= 0.3 is 0 Å². The molecule has 142 valence electrons. The first kappa shape index (κ1) is 18.7. The predicted octanol–water partition coefficient (Wildman–Crippen LogP) is 2.45. The molecule has 2 aromatic rings. The lowest BCUT2D eigenvalue weighted by molar-refractivity contribution is -0.128. The van der Waals surface area contributed by atoms with Crippen molar-refractivity contribution in [3.8, 4) is 0 Å². The van der Waals surface area contributed by atoms with Crippen LogP contribution in [-0.4, -0.2) is 24.3 Å². The number of rotatable bonds is 7. The van der Waals surface area contributed by atoms with Gasteiger partial charge in [0, 0.05) is 18.2 Å². The molecule has 3 N–H and O–H groups in total. The van der Waals surface area contributed by atoms with Crippen LogP contribution in [0.25, 0.3) is 0 Å². The quantitative estimate of drug-likeness (QED) is 0.698. The van der Waals surface area contributed by atoms with E-state index in [1.807, 2.05) is 6.07 Å². The largest absolute Gasteiger partial charge is 0.459 e. The highest BCUT2D eigenvalue weighted by atomic mass is 16.3. The first-order chi connectivity index (χ1) is 13.1. The van der Waals surface area contributed by atoms with E-state index in [-0.39, 0.29) is 35.9 Å². The Labute approximate surface area is 157 Å². The maximum absolute atomic E-state index is 12.0. The second-order valence-electron chi connectivity index (χ2n) is 6.61. The monoisotopic (exact) mass is 369 g/mol. The average molecular weight is 369 g/mol. The summed E-state index contributed by atoms with van der Waals surface area (Å²) in [5.74, 6) is -0.341. The summed E-state index contributed by atoms with van der Waals surface area (Å²) >= 11 is 0. The van der Waals surface area contributed by atoms with Gasteiger partial charge in [-0.3, -0.25) is 14.4 Å². The first-order valence-corrected chi connectivity index (χ1v) is 9.10. The van der Waals surface area contributed by atoms with Crippen molar-refractivity contribution in [1.82, 2.24) is 10.6 Å². The number of carbonyl (C=O) groups is 3. The smallest absolute Gasteiger partial charge is 0.291 e. The summed E-state index contributed by atoms with van der Waals surface area (Å²) < 4.78 is 5.06. The Morgan fingerprint density at radius 1 is 1.04 bits per heavy atom. The first-order valence-electron chi connectivity index (χ1n) is 9.10. The number of hydrogen-bond donors (Lipinski definition) is 3. The Morgan fingerprint density at radius 3 is 2.59 bits per heavy atom. The van der Waals surface area contributed by atoms with E-state index in [1.165, 1.54) is 6.26 Å². The number of carbonyl (C=O) groups excluding carboxylic acids is 3. The van der Waals surface area contributed by atoms with Crippen LogP contribution in [0.2, 0.25) is 0 Å². The van der Waals surface area contributed by atoms with E-state index in [1.54, 1.807) is 30.3 Å². The summed E-state index contributed by atoms with van der Waals surface area (Å²) in [5, 5.41) is 8.20. The molecule has 0 radical (unpaired) electrons. The molecule has 3 rings (SSSR count). The standard InChI is InChI=1S/C20H23N3O4/c24-18(13-22-19(25)15-6-1-2-7-15)21-12-14-5-3-8-16(11-14)23-20(26)17-9-4-10-27-17/h3-5,8-11,15H,1-2,6-7,12-13H2,(H,21,24)(H,22,25)(H,23,26). The molecular weight excluding hydrogens is 346 g/mol. The lowest BCUT2D eigenvalue weighted by Crippen LogP contribution is -2.38. The highest BCUT2D eigenvalue weighted by Gasteiger charge is 2.22. The fraction of sp³-hybridized carbons (Fsp3) is 0.350. The molecule has 27 heavy (non-hydrogen) atoms. The molecule has 0 saturated heterocycles. The van der Waals surface area contributed by atoms with Crippen molar-refractivity contribution < 1.29 is 18.8 Å². The lowest BCUT2D eigenvalue weighted by Gasteiger charge is -2.11. The summed E-state index contributed by atoms with van der Waals surface area (Å²) in [5.41, 5.74) is 1.44. The second kappa shape index (κ2) is 9.02. The van der Waals surface area contributed by atoms with Gasteiger partial charge in [-0.1, -0.05) is 25.0 Å². The summed E-state index contributed by atoms with van der Waals surface area (Å²) in [6.07, 6.45) is 5.41. The molecule has 1 saturated carbocycles. The zero-order chi connectivity index (χ0) is 19.1. The number of anilines is 1. The third kappa shape index (κ3) is 5.44. The molecule has 1 heterocycles. The molecule has 1 aliphatic carbocycles. The minimum absolute atomic E-state index is 0.0236. The van der Waals surface area contributed by atoms with Gasteiger partial charge in [-0.15, -0.1) is 0 Å². The fourth-order valence-electron chi connectivity index (χ4n) is 3.12. The van der Waals surface area contributed by atoms with Gasteiger partial charge in [-0.25, -0.2) is 0 Å². The molecule has 3 amide bonds. The van der Waals surface area contributed by atoms with Crippen LogP contribution >= 0.6 is 0 Å². The van der Waals surface area contributed by atoms with Crippen LogP contribution in [0.3, 0.4) is 0 Å². The highest BCUT2D eigenvalue weighted by molar-refractivity contribution is 6.02. The van der Waals surface area contributed by atoms with Gasteiger partial charge in [0.2, 0.25) is 11.8 Å².